The van der Waals surface area contributed by atoms with Crippen molar-refractivity contribution in [3.8, 4) is 5.75 Å². The molecule has 0 radical (unpaired) electrons. The normalized spacial score (nSPS) is 10.7. The van der Waals surface area contributed by atoms with Gasteiger partial charge in [-0.3, -0.25) is 4.79 Å². The van der Waals surface area contributed by atoms with Crippen LogP contribution >= 0.6 is 11.6 Å². The Kier molecular flexibility index (Phi) is 4.72. The van der Waals surface area contributed by atoms with Crippen molar-refractivity contribution in [2.24, 2.45) is 0 Å². The Balaban J connectivity index is 1.74. The molecule has 0 saturated carbocycles. The van der Waals surface area contributed by atoms with Gasteiger partial charge < -0.3 is 14.5 Å². The molecule has 7 heteroatoms. The van der Waals surface area contributed by atoms with E-state index in [1.807, 2.05) is 0 Å². The van der Waals surface area contributed by atoms with Gasteiger partial charge in [0.25, 0.3) is 5.91 Å². The summed E-state index contributed by atoms with van der Waals surface area (Å²) in [6.07, 6.45) is 0. The second-order valence-electron chi connectivity index (χ2n) is 5.37. The van der Waals surface area contributed by atoms with Gasteiger partial charge in [0.2, 0.25) is 0 Å². The molecule has 1 aromatic heterocycles. The maximum atomic E-state index is 12.8. The van der Waals surface area contributed by atoms with Gasteiger partial charge in [-0.1, -0.05) is 11.6 Å². The van der Waals surface area contributed by atoms with E-state index in [0.717, 1.165) is 5.56 Å². The number of aryl methyl sites for hydroxylation is 1. The first-order valence-corrected chi connectivity index (χ1v) is 7.72. The molecule has 0 aliphatic carbocycles. The molecule has 5 nitrogen and oxygen atoms in total. The van der Waals surface area contributed by atoms with E-state index in [2.05, 4.69) is 5.32 Å². The van der Waals surface area contributed by atoms with Crippen LogP contribution in [0, 0.1) is 12.7 Å². The lowest BCUT2D eigenvalue weighted by atomic mass is 10.1. The summed E-state index contributed by atoms with van der Waals surface area (Å²) in [6.45, 7) is 1.46. The number of benzene rings is 2. The van der Waals surface area contributed by atoms with Crippen LogP contribution in [0.25, 0.3) is 11.0 Å². The minimum absolute atomic E-state index is 0.220. The van der Waals surface area contributed by atoms with Crippen LogP contribution in [0.1, 0.15) is 5.56 Å². The standard InChI is InChI=1S/C18H13ClFNO4/c1-10-6-18(23)25-15-8-16(14(19)7-13(10)15)24-9-17(22)21-12-4-2-11(20)3-5-12/h2-8H,9H2,1H3,(H,21,22). The first kappa shape index (κ1) is 17.0. The van der Waals surface area contributed by atoms with Crippen molar-refractivity contribution in [1.82, 2.24) is 0 Å². The van der Waals surface area contributed by atoms with Gasteiger partial charge in [-0.15, -0.1) is 0 Å². The van der Waals surface area contributed by atoms with E-state index < -0.39 is 17.3 Å². The zero-order chi connectivity index (χ0) is 18.0. The maximum absolute atomic E-state index is 12.8. The molecule has 0 atom stereocenters. The lowest BCUT2D eigenvalue weighted by Crippen LogP contribution is -2.20. The Morgan fingerprint density at radius 2 is 1.96 bits per heavy atom. The van der Waals surface area contributed by atoms with E-state index >= 15 is 0 Å². The number of rotatable bonds is 4. The first-order valence-electron chi connectivity index (χ1n) is 7.34. The third kappa shape index (κ3) is 3.97. The average molecular weight is 362 g/mol. The van der Waals surface area contributed by atoms with E-state index in [0.29, 0.717) is 21.7 Å². The number of carbonyl (C=O) groups excluding carboxylic acids is 1. The number of amides is 1. The van der Waals surface area contributed by atoms with Crippen LogP contribution in [0.5, 0.6) is 5.75 Å². The molecule has 0 spiro atoms. The molecular formula is C18H13ClFNO4. The number of carbonyl (C=O) groups is 1. The lowest BCUT2D eigenvalue weighted by molar-refractivity contribution is -0.118. The molecule has 0 saturated heterocycles. The SMILES string of the molecule is Cc1cc(=O)oc2cc(OCC(=O)Nc3ccc(F)cc3)c(Cl)cc12. The number of hydrogen-bond donors (Lipinski definition) is 1. The number of anilines is 1. The van der Waals surface area contributed by atoms with E-state index in [1.165, 1.54) is 36.4 Å². The van der Waals surface area contributed by atoms with Crippen LogP contribution in [-0.4, -0.2) is 12.5 Å². The van der Waals surface area contributed by atoms with Crippen LogP contribution < -0.4 is 15.7 Å². The Labute approximate surface area is 147 Å². The van der Waals surface area contributed by atoms with Crippen LogP contribution in [0.2, 0.25) is 5.02 Å². The fourth-order valence-electron chi connectivity index (χ4n) is 2.30. The van der Waals surface area contributed by atoms with Gasteiger partial charge in [0.1, 0.15) is 17.1 Å². The zero-order valence-corrected chi connectivity index (χ0v) is 13.9. The molecular weight excluding hydrogens is 349 g/mol. The predicted molar refractivity (Wildman–Crippen MR) is 92.8 cm³/mol. The maximum Gasteiger partial charge on any atom is 0.336 e. The molecule has 3 rings (SSSR count). The van der Waals surface area contributed by atoms with Crippen molar-refractivity contribution in [3.05, 3.63) is 69.3 Å². The average Bonchev–Trinajstić information content (AvgIpc) is 2.56. The topological polar surface area (TPSA) is 68.5 Å². The van der Waals surface area contributed by atoms with Crippen LogP contribution in [0.4, 0.5) is 10.1 Å². The summed E-state index contributed by atoms with van der Waals surface area (Å²) in [7, 11) is 0. The van der Waals surface area contributed by atoms with Crippen LogP contribution in [0.3, 0.4) is 0 Å². The number of hydrogen-bond acceptors (Lipinski definition) is 4. The fourth-order valence-corrected chi connectivity index (χ4v) is 2.52. The third-order valence-electron chi connectivity index (χ3n) is 3.49. The molecule has 0 fully saturated rings. The van der Waals surface area contributed by atoms with Gasteiger partial charge >= 0.3 is 5.63 Å². The Morgan fingerprint density at radius 1 is 1.24 bits per heavy atom. The highest BCUT2D eigenvalue weighted by Gasteiger charge is 2.11. The van der Waals surface area contributed by atoms with Gasteiger partial charge in [0.05, 0.1) is 5.02 Å². The quantitative estimate of drug-likeness (QED) is 0.715. The summed E-state index contributed by atoms with van der Waals surface area (Å²) in [5.41, 5.74) is 1.02. The van der Waals surface area contributed by atoms with Gasteiger partial charge in [0.15, 0.2) is 6.61 Å². The number of ether oxygens (including phenoxy) is 1. The van der Waals surface area contributed by atoms with Crippen molar-refractivity contribution in [2.75, 3.05) is 11.9 Å². The van der Waals surface area contributed by atoms with E-state index in [9.17, 15) is 14.0 Å². The van der Waals surface area contributed by atoms with Crippen molar-refractivity contribution >= 4 is 34.2 Å². The highest BCUT2D eigenvalue weighted by Crippen LogP contribution is 2.31. The molecule has 0 unspecified atom stereocenters. The number of fused-ring (bicyclic) bond motifs is 1. The highest BCUT2D eigenvalue weighted by atomic mass is 35.5. The largest absolute Gasteiger partial charge is 0.482 e. The summed E-state index contributed by atoms with van der Waals surface area (Å²) in [5, 5.41) is 3.55. The summed E-state index contributed by atoms with van der Waals surface area (Å²) in [4.78, 5) is 23.4. The Morgan fingerprint density at radius 3 is 2.68 bits per heavy atom. The van der Waals surface area contributed by atoms with Crippen LogP contribution in [-0.2, 0) is 4.79 Å². The minimum Gasteiger partial charge on any atom is -0.482 e. The third-order valence-corrected chi connectivity index (χ3v) is 3.79. The summed E-state index contributed by atoms with van der Waals surface area (Å²) < 4.78 is 23.4. The second kappa shape index (κ2) is 6.94. The summed E-state index contributed by atoms with van der Waals surface area (Å²) in [6, 6.07) is 9.80. The molecule has 0 aliphatic heterocycles. The van der Waals surface area contributed by atoms with Gasteiger partial charge in [-0.05, 0) is 42.8 Å². The molecule has 1 heterocycles. The van der Waals surface area contributed by atoms with Gasteiger partial charge in [0, 0.05) is 23.2 Å². The van der Waals surface area contributed by atoms with Crippen molar-refractivity contribution in [2.45, 2.75) is 6.92 Å². The monoisotopic (exact) mass is 361 g/mol. The van der Waals surface area contributed by atoms with E-state index in [-0.39, 0.29) is 12.4 Å². The molecule has 128 valence electrons. The molecule has 0 bridgehead atoms. The summed E-state index contributed by atoms with van der Waals surface area (Å²) in [5.74, 6) is -0.611. The van der Waals surface area contributed by atoms with E-state index in [4.69, 9.17) is 20.8 Å². The van der Waals surface area contributed by atoms with Crippen molar-refractivity contribution < 1.29 is 18.3 Å². The molecule has 25 heavy (non-hydrogen) atoms. The zero-order valence-electron chi connectivity index (χ0n) is 13.1. The van der Waals surface area contributed by atoms with Gasteiger partial charge in [-0.25, -0.2) is 9.18 Å². The van der Waals surface area contributed by atoms with E-state index in [1.54, 1.807) is 13.0 Å². The molecule has 3 aromatic rings. The molecule has 2 aromatic carbocycles. The van der Waals surface area contributed by atoms with Crippen molar-refractivity contribution in [1.29, 1.82) is 0 Å². The molecule has 0 aliphatic rings. The molecule has 1 amide bonds. The fraction of sp³-hybridized carbons (Fsp3) is 0.111. The first-order chi connectivity index (χ1) is 11.9. The number of halogens is 2. The minimum atomic E-state index is -0.479. The second-order valence-corrected chi connectivity index (χ2v) is 5.78. The smallest absolute Gasteiger partial charge is 0.336 e. The number of nitrogens with one attached hydrogen (secondary N) is 1. The van der Waals surface area contributed by atoms with Crippen molar-refractivity contribution in [3.63, 3.8) is 0 Å². The van der Waals surface area contributed by atoms with Gasteiger partial charge in [-0.2, -0.15) is 0 Å². The molecule has 1 N–H and O–H groups in total. The predicted octanol–water partition coefficient (Wildman–Crippen LogP) is 3.91. The Bertz CT molecular complexity index is 998. The lowest BCUT2D eigenvalue weighted by Gasteiger charge is -2.10. The highest BCUT2D eigenvalue weighted by molar-refractivity contribution is 6.32. The van der Waals surface area contributed by atoms with Crippen LogP contribution in [0.15, 0.2) is 51.7 Å². The Hall–Kier alpha value is -2.86. The summed E-state index contributed by atoms with van der Waals surface area (Å²) >= 11 is 6.16.